The van der Waals surface area contributed by atoms with Crippen LogP contribution in [-0.2, 0) is 11.3 Å². The third-order valence-corrected chi connectivity index (χ3v) is 2.55. The number of nitrogens with zero attached hydrogens (tertiary/aromatic N) is 1. The number of hydrogen-bond donors (Lipinski definition) is 3. The van der Waals surface area contributed by atoms with Gasteiger partial charge >= 0.3 is 0 Å². The Balaban J connectivity index is 2.41. The van der Waals surface area contributed by atoms with Crippen molar-refractivity contribution >= 4 is 5.91 Å². The van der Waals surface area contributed by atoms with Gasteiger partial charge in [-0.15, -0.1) is 0 Å². The molecule has 0 spiro atoms. The van der Waals surface area contributed by atoms with Crippen molar-refractivity contribution in [3.05, 3.63) is 23.8 Å². The number of phenols is 2. The number of carbonyl (C=O) groups excluding carboxylic acids is 1. The highest BCUT2D eigenvalue weighted by atomic mass is 16.3. The van der Waals surface area contributed by atoms with Gasteiger partial charge in [0.2, 0.25) is 5.91 Å². The molecule has 1 amide bonds. The van der Waals surface area contributed by atoms with Gasteiger partial charge in [-0.3, -0.25) is 4.79 Å². The highest BCUT2D eigenvalue weighted by Gasteiger charge is 2.06. The second-order valence-electron chi connectivity index (χ2n) is 3.83. The van der Waals surface area contributed by atoms with Crippen LogP contribution < -0.4 is 5.32 Å². The summed E-state index contributed by atoms with van der Waals surface area (Å²) in [6, 6.07) is 4.58. The highest BCUT2D eigenvalue weighted by molar-refractivity contribution is 5.77. The van der Waals surface area contributed by atoms with Crippen LogP contribution in [0, 0.1) is 0 Å². The minimum Gasteiger partial charge on any atom is -0.504 e. The average molecular weight is 238 g/mol. The maximum absolute atomic E-state index is 11.5. The molecule has 0 unspecified atom stereocenters. The number of aromatic hydroxyl groups is 2. The molecule has 0 bridgehead atoms. The molecule has 5 heteroatoms. The molecule has 0 aliphatic rings. The third kappa shape index (κ3) is 3.96. The van der Waals surface area contributed by atoms with Gasteiger partial charge in [-0.1, -0.05) is 6.07 Å². The molecule has 0 atom stereocenters. The van der Waals surface area contributed by atoms with Crippen molar-refractivity contribution in [1.82, 2.24) is 10.2 Å². The van der Waals surface area contributed by atoms with Crippen molar-refractivity contribution in [2.75, 3.05) is 20.1 Å². The maximum atomic E-state index is 11.5. The van der Waals surface area contributed by atoms with Gasteiger partial charge < -0.3 is 20.4 Å². The van der Waals surface area contributed by atoms with Crippen LogP contribution in [0.4, 0.5) is 0 Å². The van der Waals surface area contributed by atoms with Crippen molar-refractivity contribution in [3.8, 4) is 11.5 Å². The van der Waals surface area contributed by atoms with Gasteiger partial charge in [0.15, 0.2) is 11.5 Å². The summed E-state index contributed by atoms with van der Waals surface area (Å²) in [6.45, 7) is 3.32. The van der Waals surface area contributed by atoms with E-state index in [1.165, 1.54) is 12.1 Å². The summed E-state index contributed by atoms with van der Waals surface area (Å²) in [5, 5.41) is 21.4. The lowest BCUT2D eigenvalue weighted by Crippen LogP contribution is -2.35. The van der Waals surface area contributed by atoms with Crippen LogP contribution in [0.25, 0.3) is 0 Å². The van der Waals surface area contributed by atoms with Crippen LogP contribution in [0.1, 0.15) is 12.5 Å². The second-order valence-corrected chi connectivity index (χ2v) is 3.83. The van der Waals surface area contributed by atoms with E-state index in [1.54, 1.807) is 18.0 Å². The van der Waals surface area contributed by atoms with E-state index >= 15 is 0 Å². The van der Waals surface area contributed by atoms with E-state index in [-0.39, 0.29) is 24.0 Å². The monoisotopic (exact) mass is 238 g/mol. The van der Waals surface area contributed by atoms with E-state index in [4.69, 9.17) is 5.11 Å². The van der Waals surface area contributed by atoms with Gasteiger partial charge in [0.25, 0.3) is 0 Å². The molecule has 1 aromatic carbocycles. The molecule has 0 aromatic heterocycles. The number of likely N-dealkylation sites (N-methyl/N-ethyl adjacent to an activating group) is 1. The lowest BCUT2D eigenvalue weighted by molar-refractivity contribution is -0.128. The van der Waals surface area contributed by atoms with Gasteiger partial charge in [0.05, 0.1) is 6.54 Å². The summed E-state index contributed by atoms with van der Waals surface area (Å²) in [6.07, 6.45) is 0. The molecule has 1 aromatic rings. The summed E-state index contributed by atoms with van der Waals surface area (Å²) in [5.74, 6) is -0.271. The second kappa shape index (κ2) is 6.10. The number of amides is 1. The third-order valence-electron chi connectivity index (χ3n) is 2.55. The predicted octanol–water partition coefficient (Wildman–Crippen LogP) is 0.666. The minimum absolute atomic E-state index is 0.0236. The summed E-state index contributed by atoms with van der Waals surface area (Å²) in [4.78, 5) is 13.1. The fourth-order valence-corrected chi connectivity index (χ4v) is 1.30. The largest absolute Gasteiger partial charge is 0.504 e. The summed E-state index contributed by atoms with van der Waals surface area (Å²) >= 11 is 0. The Labute approximate surface area is 101 Å². The summed E-state index contributed by atoms with van der Waals surface area (Å²) in [7, 11) is 1.75. The standard InChI is InChI=1S/C12H18N2O3/c1-3-14(2)12(17)8-13-7-9-4-5-10(15)11(16)6-9/h4-6,13,15-16H,3,7-8H2,1-2H3. The van der Waals surface area contributed by atoms with Crippen LogP contribution in [0.15, 0.2) is 18.2 Å². The lowest BCUT2D eigenvalue weighted by Gasteiger charge is -2.14. The maximum Gasteiger partial charge on any atom is 0.236 e. The van der Waals surface area contributed by atoms with E-state index in [9.17, 15) is 9.90 Å². The summed E-state index contributed by atoms with van der Waals surface area (Å²) in [5.41, 5.74) is 0.812. The minimum atomic E-state index is -0.152. The number of phenolic OH excluding ortho intramolecular Hbond substituents is 2. The number of nitrogens with one attached hydrogen (secondary N) is 1. The van der Waals surface area contributed by atoms with E-state index < -0.39 is 0 Å². The van der Waals surface area contributed by atoms with Gasteiger partial charge in [-0.05, 0) is 24.6 Å². The Kier molecular flexibility index (Phi) is 4.78. The molecule has 1 rings (SSSR count). The van der Waals surface area contributed by atoms with Crippen LogP contribution in [0.5, 0.6) is 11.5 Å². The zero-order valence-electron chi connectivity index (χ0n) is 10.1. The fourth-order valence-electron chi connectivity index (χ4n) is 1.30. The molecule has 3 N–H and O–H groups in total. The molecule has 0 saturated heterocycles. The summed E-state index contributed by atoms with van der Waals surface area (Å²) < 4.78 is 0. The molecule has 0 aliphatic heterocycles. The van der Waals surface area contributed by atoms with Crippen LogP contribution in [-0.4, -0.2) is 41.2 Å². The molecule has 0 saturated carbocycles. The van der Waals surface area contributed by atoms with Gasteiger partial charge in [-0.2, -0.15) is 0 Å². The van der Waals surface area contributed by atoms with Crippen LogP contribution in [0.2, 0.25) is 0 Å². The van der Waals surface area contributed by atoms with Gasteiger partial charge in [-0.25, -0.2) is 0 Å². The van der Waals surface area contributed by atoms with Crippen molar-refractivity contribution in [1.29, 1.82) is 0 Å². The van der Waals surface area contributed by atoms with E-state index in [2.05, 4.69) is 5.32 Å². The van der Waals surface area contributed by atoms with Crippen LogP contribution >= 0.6 is 0 Å². The van der Waals surface area contributed by atoms with Crippen molar-refractivity contribution in [3.63, 3.8) is 0 Å². The first-order valence-corrected chi connectivity index (χ1v) is 5.50. The Morgan fingerprint density at radius 2 is 2.06 bits per heavy atom. The number of carbonyl (C=O) groups is 1. The Morgan fingerprint density at radius 3 is 2.65 bits per heavy atom. The smallest absolute Gasteiger partial charge is 0.236 e. The Morgan fingerprint density at radius 1 is 1.35 bits per heavy atom. The molecule has 0 radical (unpaired) electrons. The molecule has 0 aliphatic carbocycles. The molecule has 0 heterocycles. The number of hydrogen-bond acceptors (Lipinski definition) is 4. The van der Waals surface area contributed by atoms with Crippen molar-refractivity contribution < 1.29 is 15.0 Å². The Hall–Kier alpha value is -1.75. The molecule has 0 fully saturated rings. The molecular formula is C12H18N2O3. The highest BCUT2D eigenvalue weighted by Crippen LogP contribution is 2.24. The zero-order valence-corrected chi connectivity index (χ0v) is 10.1. The number of benzene rings is 1. The topological polar surface area (TPSA) is 72.8 Å². The Bertz CT molecular complexity index is 393. The SMILES string of the molecule is CCN(C)C(=O)CNCc1ccc(O)c(O)c1. The van der Waals surface area contributed by atoms with E-state index in [0.29, 0.717) is 13.1 Å². The fraction of sp³-hybridized carbons (Fsp3) is 0.417. The van der Waals surface area contributed by atoms with Crippen molar-refractivity contribution in [2.24, 2.45) is 0 Å². The molecule has 5 nitrogen and oxygen atoms in total. The number of rotatable bonds is 5. The normalized spacial score (nSPS) is 10.2. The average Bonchev–Trinajstić information content (AvgIpc) is 2.32. The molecular weight excluding hydrogens is 220 g/mol. The lowest BCUT2D eigenvalue weighted by atomic mass is 10.2. The first-order valence-electron chi connectivity index (χ1n) is 5.50. The predicted molar refractivity (Wildman–Crippen MR) is 64.8 cm³/mol. The molecule has 17 heavy (non-hydrogen) atoms. The zero-order chi connectivity index (χ0) is 12.8. The van der Waals surface area contributed by atoms with E-state index in [0.717, 1.165) is 5.56 Å². The molecule has 94 valence electrons. The van der Waals surface area contributed by atoms with Crippen LogP contribution in [0.3, 0.4) is 0 Å². The van der Waals surface area contributed by atoms with Gasteiger partial charge in [0, 0.05) is 20.1 Å². The van der Waals surface area contributed by atoms with Gasteiger partial charge in [0.1, 0.15) is 0 Å². The first kappa shape index (κ1) is 13.3. The van der Waals surface area contributed by atoms with Crippen molar-refractivity contribution in [2.45, 2.75) is 13.5 Å². The van der Waals surface area contributed by atoms with E-state index in [1.807, 2.05) is 6.92 Å². The first-order chi connectivity index (χ1) is 8.04. The quantitative estimate of drug-likeness (QED) is 0.659.